The zero-order valence-corrected chi connectivity index (χ0v) is 11.5. The van der Waals surface area contributed by atoms with Crippen molar-refractivity contribution in [2.75, 3.05) is 19.0 Å². The number of anilines is 1. The fraction of sp³-hybridized carbons (Fsp3) is 0.125. The van der Waals surface area contributed by atoms with E-state index in [1.807, 2.05) is 18.2 Å². The Hall–Kier alpha value is -2.82. The molecule has 2 aromatic rings. The van der Waals surface area contributed by atoms with Crippen LogP contribution in [0.4, 0.5) is 5.69 Å². The Kier molecular flexibility index (Phi) is 4.93. The quantitative estimate of drug-likeness (QED) is 0.857. The van der Waals surface area contributed by atoms with E-state index in [9.17, 15) is 9.59 Å². The lowest BCUT2D eigenvalue weighted by Gasteiger charge is -2.08. The zero-order chi connectivity index (χ0) is 15.1. The molecule has 21 heavy (non-hydrogen) atoms. The first kappa shape index (κ1) is 14.6. The smallest absolute Gasteiger partial charge is 0.337 e. The van der Waals surface area contributed by atoms with Gasteiger partial charge in [-0.05, 0) is 30.3 Å². The van der Waals surface area contributed by atoms with Crippen molar-refractivity contribution in [3.8, 4) is 5.75 Å². The Balaban J connectivity index is 1.91. The summed E-state index contributed by atoms with van der Waals surface area (Å²) in [5, 5.41) is 2.71. The molecule has 0 spiro atoms. The van der Waals surface area contributed by atoms with Crippen LogP contribution in [-0.4, -0.2) is 25.6 Å². The third kappa shape index (κ3) is 4.35. The first-order valence-electron chi connectivity index (χ1n) is 6.35. The van der Waals surface area contributed by atoms with Crippen LogP contribution in [0.3, 0.4) is 0 Å². The van der Waals surface area contributed by atoms with Gasteiger partial charge in [-0.1, -0.05) is 24.3 Å². The minimum atomic E-state index is -0.450. The minimum Gasteiger partial charge on any atom is -0.484 e. The number of methoxy groups -OCH3 is 1. The predicted molar refractivity (Wildman–Crippen MR) is 78.3 cm³/mol. The molecule has 5 nitrogen and oxygen atoms in total. The fourth-order valence-electron chi connectivity index (χ4n) is 1.70. The lowest BCUT2D eigenvalue weighted by molar-refractivity contribution is -0.118. The Bertz CT molecular complexity index is 625. The van der Waals surface area contributed by atoms with Crippen LogP contribution in [-0.2, 0) is 9.53 Å². The van der Waals surface area contributed by atoms with Crippen LogP contribution < -0.4 is 10.1 Å². The first-order chi connectivity index (χ1) is 10.2. The second kappa shape index (κ2) is 7.09. The molecule has 2 rings (SSSR count). The number of rotatable bonds is 5. The van der Waals surface area contributed by atoms with Gasteiger partial charge in [0.1, 0.15) is 5.75 Å². The highest BCUT2D eigenvalue weighted by Gasteiger charge is 2.08. The summed E-state index contributed by atoms with van der Waals surface area (Å²) in [5.41, 5.74) is 1.08. The molecule has 0 radical (unpaired) electrons. The molecule has 0 aromatic heterocycles. The average molecular weight is 285 g/mol. The Morgan fingerprint density at radius 2 is 1.81 bits per heavy atom. The summed E-state index contributed by atoms with van der Waals surface area (Å²) in [4.78, 5) is 23.1. The van der Waals surface area contributed by atoms with Crippen LogP contribution in [0.5, 0.6) is 5.75 Å². The largest absolute Gasteiger partial charge is 0.484 e. The van der Waals surface area contributed by atoms with E-state index >= 15 is 0 Å². The van der Waals surface area contributed by atoms with E-state index in [1.165, 1.54) is 13.2 Å². The first-order valence-corrected chi connectivity index (χ1v) is 6.35. The van der Waals surface area contributed by atoms with E-state index < -0.39 is 5.97 Å². The molecule has 0 aliphatic rings. The topological polar surface area (TPSA) is 64.6 Å². The average Bonchev–Trinajstić information content (AvgIpc) is 2.53. The molecule has 0 saturated carbocycles. The number of esters is 1. The van der Waals surface area contributed by atoms with Gasteiger partial charge in [-0.3, -0.25) is 4.79 Å². The second-order valence-corrected chi connectivity index (χ2v) is 4.22. The molecular formula is C16H15NO4. The summed E-state index contributed by atoms with van der Waals surface area (Å²) in [6.45, 7) is -0.139. The SMILES string of the molecule is COC(=O)c1cccc(OCC(=O)Nc2ccccc2)c1. The number of ether oxygens (including phenoxy) is 2. The number of benzene rings is 2. The predicted octanol–water partition coefficient (Wildman–Crippen LogP) is 2.49. The van der Waals surface area contributed by atoms with Crippen LogP contribution in [0.25, 0.3) is 0 Å². The molecule has 0 aliphatic carbocycles. The number of amides is 1. The Morgan fingerprint density at radius 3 is 2.52 bits per heavy atom. The third-order valence-electron chi connectivity index (χ3n) is 2.68. The van der Waals surface area contributed by atoms with Crippen molar-refractivity contribution in [3.63, 3.8) is 0 Å². The van der Waals surface area contributed by atoms with Gasteiger partial charge in [-0.25, -0.2) is 4.79 Å². The van der Waals surface area contributed by atoms with Gasteiger partial charge in [-0.15, -0.1) is 0 Å². The molecule has 0 fully saturated rings. The van der Waals surface area contributed by atoms with Crippen LogP contribution in [0, 0.1) is 0 Å². The maximum atomic E-state index is 11.7. The van der Waals surface area contributed by atoms with E-state index in [0.29, 0.717) is 17.0 Å². The highest BCUT2D eigenvalue weighted by Crippen LogP contribution is 2.14. The van der Waals surface area contributed by atoms with E-state index in [1.54, 1.807) is 30.3 Å². The lowest BCUT2D eigenvalue weighted by atomic mass is 10.2. The number of carbonyl (C=O) groups excluding carboxylic acids is 2. The van der Waals surface area contributed by atoms with Gasteiger partial charge in [0.05, 0.1) is 12.7 Å². The molecule has 1 N–H and O–H groups in total. The van der Waals surface area contributed by atoms with Gasteiger partial charge in [-0.2, -0.15) is 0 Å². The maximum Gasteiger partial charge on any atom is 0.337 e. The number of hydrogen-bond donors (Lipinski definition) is 1. The van der Waals surface area contributed by atoms with E-state index in [-0.39, 0.29) is 12.5 Å². The summed E-state index contributed by atoms with van der Waals surface area (Å²) in [7, 11) is 1.31. The maximum absolute atomic E-state index is 11.7. The lowest BCUT2D eigenvalue weighted by Crippen LogP contribution is -2.20. The second-order valence-electron chi connectivity index (χ2n) is 4.22. The minimum absolute atomic E-state index is 0.139. The van der Waals surface area contributed by atoms with Gasteiger partial charge in [0.2, 0.25) is 0 Å². The number of carbonyl (C=O) groups is 2. The Morgan fingerprint density at radius 1 is 1.05 bits per heavy atom. The van der Waals surface area contributed by atoms with Gasteiger partial charge in [0.25, 0.3) is 5.91 Å². The normalized spacial score (nSPS) is 9.76. The third-order valence-corrected chi connectivity index (χ3v) is 2.68. The highest BCUT2D eigenvalue weighted by atomic mass is 16.5. The molecule has 1 amide bonds. The van der Waals surface area contributed by atoms with Crippen LogP contribution in [0.15, 0.2) is 54.6 Å². The zero-order valence-electron chi connectivity index (χ0n) is 11.5. The summed E-state index contributed by atoms with van der Waals surface area (Å²) in [6.07, 6.45) is 0. The molecule has 5 heteroatoms. The molecule has 0 heterocycles. The summed E-state index contributed by atoms with van der Waals surface area (Å²) < 4.78 is 9.98. The van der Waals surface area contributed by atoms with Crippen molar-refractivity contribution >= 4 is 17.6 Å². The van der Waals surface area contributed by atoms with Crippen LogP contribution in [0.2, 0.25) is 0 Å². The molecule has 0 saturated heterocycles. The molecule has 2 aromatic carbocycles. The summed E-state index contributed by atoms with van der Waals surface area (Å²) >= 11 is 0. The van der Waals surface area contributed by atoms with Gasteiger partial charge >= 0.3 is 5.97 Å². The summed E-state index contributed by atoms with van der Waals surface area (Å²) in [6, 6.07) is 15.6. The number of hydrogen-bond acceptors (Lipinski definition) is 4. The molecule has 0 aliphatic heterocycles. The van der Waals surface area contributed by atoms with Crippen molar-refractivity contribution in [2.24, 2.45) is 0 Å². The number of nitrogens with one attached hydrogen (secondary N) is 1. The van der Waals surface area contributed by atoms with E-state index in [2.05, 4.69) is 10.1 Å². The van der Waals surface area contributed by atoms with Crippen molar-refractivity contribution in [1.29, 1.82) is 0 Å². The molecule has 0 bridgehead atoms. The molecular weight excluding hydrogens is 270 g/mol. The van der Waals surface area contributed by atoms with E-state index in [0.717, 1.165) is 0 Å². The van der Waals surface area contributed by atoms with E-state index in [4.69, 9.17) is 4.74 Å². The van der Waals surface area contributed by atoms with Gasteiger partial charge < -0.3 is 14.8 Å². The van der Waals surface area contributed by atoms with Crippen LogP contribution in [0.1, 0.15) is 10.4 Å². The fourth-order valence-corrected chi connectivity index (χ4v) is 1.70. The Labute approximate surface area is 122 Å². The molecule has 0 unspecified atom stereocenters. The van der Waals surface area contributed by atoms with Crippen LogP contribution >= 0.6 is 0 Å². The van der Waals surface area contributed by atoms with Gasteiger partial charge in [0, 0.05) is 5.69 Å². The molecule has 0 atom stereocenters. The number of para-hydroxylation sites is 1. The monoisotopic (exact) mass is 285 g/mol. The summed E-state index contributed by atoms with van der Waals surface area (Å²) in [5.74, 6) is -0.292. The van der Waals surface area contributed by atoms with Gasteiger partial charge in [0.15, 0.2) is 6.61 Å². The highest BCUT2D eigenvalue weighted by molar-refractivity contribution is 5.92. The van der Waals surface area contributed by atoms with Crippen molar-refractivity contribution in [1.82, 2.24) is 0 Å². The van der Waals surface area contributed by atoms with Crippen molar-refractivity contribution < 1.29 is 19.1 Å². The van der Waals surface area contributed by atoms with Crippen molar-refractivity contribution in [2.45, 2.75) is 0 Å². The standard InChI is InChI=1S/C16H15NO4/c1-20-16(19)12-6-5-9-14(10-12)21-11-15(18)17-13-7-3-2-4-8-13/h2-10H,11H2,1H3,(H,17,18). The van der Waals surface area contributed by atoms with Crippen molar-refractivity contribution in [3.05, 3.63) is 60.2 Å². The molecule has 108 valence electrons.